The Hall–Kier alpha value is -3.75. The second-order valence-electron chi connectivity index (χ2n) is 8.25. The molecule has 2 aliphatic rings. The Morgan fingerprint density at radius 3 is 2.42 bits per heavy atom. The van der Waals surface area contributed by atoms with Gasteiger partial charge in [-0.2, -0.15) is 0 Å². The lowest BCUT2D eigenvalue weighted by Crippen LogP contribution is -2.49. The fraction of sp³-hybridized carbons (Fsp3) is 0.375. The summed E-state index contributed by atoms with van der Waals surface area (Å²) in [6.45, 7) is 4.56. The van der Waals surface area contributed by atoms with Crippen LogP contribution in [0, 0.1) is 0 Å². The number of anilines is 1. The van der Waals surface area contributed by atoms with Crippen LogP contribution in [0.2, 0.25) is 0 Å². The predicted molar refractivity (Wildman–Crippen MR) is 122 cm³/mol. The highest BCUT2D eigenvalue weighted by molar-refractivity contribution is 5.94. The topological polar surface area (TPSA) is 93.5 Å². The lowest BCUT2D eigenvalue weighted by atomic mass is 10.1. The Labute approximate surface area is 192 Å². The summed E-state index contributed by atoms with van der Waals surface area (Å²) in [6, 6.07) is 13.4. The van der Waals surface area contributed by atoms with Gasteiger partial charge in [0.2, 0.25) is 0 Å². The molecule has 0 atom stereocenters. The van der Waals surface area contributed by atoms with Crippen molar-refractivity contribution in [1.29, 1.82) is 0 Å². The van der Waals surface area contributed by atoms with E-state index in [1.54, 1.807) is 13.0 Å². The number of pyridine rings is 1. The van der Waals surface area contributed by atoms with Crippen molar-refractivity contribution in [3.05, 3.63) is 65.6 Å². The van der Waals surface area contributed by atoms with Crippen molar-refractivity contribution in [3.63, 3.8) is 0 Å². The first kappa shape index (κ1) is 21.1. The van der Waals surface area contributed by atoms with Gasteiger partial charge >= 0.3 is 5.97 Å². The molecule has 170 valence electrons. The van der Waals surface area contributed by atoms with Crippen LogP contribution in [0.3, 0.4) is 0 Å². The first-order chi connectivity index (χ1) is 16.2. The third kappa shape index (κ3) is 4.30. The lowest BCUT2D eigenvalue weighted by molar-refractivity contribution is 0.0525. The first-order valence-corrected chi connectivity index (χ1v) is 11.3. The highest BCUT2D eigenvalue weighted by Gasteiger charge is 2.36. The zero-order chi connectivity index (χ0) is 22.8. The lowest BCUT2D eigenvalue weighted by Gasteiger charge is -2.35. The molecule has 2 fully saturated rings. The molecular formula is C24H26N6O3. The number of aromatic nitrogens is 4. The van der Waals surface area contributed by atoms with Crippen molar-refractivity contribution in [3.8, 4) is 5.69 Å². The molecule has 0 bridgehead atoms. The second-order valence-corrected chi connectivity index (χ2v) is 8.25. The van der Waals surface area contributed by atoms with Gasteiger partial charge in [-0.15, -0.1) is 5.10 Å². The Bertz CT molecular complexity index is 1130. The number of hydrogen-bond acceptors (Lipinski definition) is 7. The van der Waals surface area contributed by atoms with E-state index in [9.17, 15) is 9.59 Å². The third-order valence-corrected chi connectivity index (χ3v) is 6.02. The van der Waals surface area contributed by atoms with Gasteiger partial charge in [-0.05, 0) is 44.0 Å². The zero-order valence-corrected chi connectivity index (χ0v) is 18.6. The molecule has 0 N–H and O–H groups in total. The monoisotopic (exact) mass is 446 g/mol. The highest BCUT2D eigenvalue weighted by Crippen LogP contribution is 2.42. The normalized spacial score (nSPS) is 16.0. The van der Waals surface area contributed by atoms with E-state index in [0.717, 1.165) is 30.0 Å². The number of carbonyl (C=O) groups is 2. The highest BCUT2D eigenvalue weighted by atomic mass is 16.5. The smallest absolute Gasteiger partial charge is 0.339 e. The molecule has 0 radical (unpaired) electrons. The number of para-hydroxylation sites is 1. The summed E-state index contributed by atoms with van der Waals surface area (Å²) in [5, 5.41) is 8.62. The summed E-state index contributed by atoms with van der Waals surface area (Å²) in [7, 11) is 0. The maximum absolute atomic E-state index is 13.3. The van der Waals surface area contributed by atoms with Gasteiger partial charge in [0.15, 0.2) is 5.69 Å². The largest absolute Gasteiger partial charge is 0.462 e. The Kier molecular flexibility index (Phi) is 5.77. The van der Waals surface area contributed by atoms with Gasteiger partial charge in [0.05, 0.1) is 23.6 Å². The summed E-state index contributed by atoms with van der Waals surface area (Å²) in [6.07, 6.45) is 3.65. The molecule has 33 heavy (non-hydrogen) atoms. The van der Waals surface area contributed by atoms with Crippen LogP contribution >= 0.6 is 0 Å². The fourth-order valence-electron chi connectivity index (χ4n) is 4.12. The van der Waals surface area contributed by atoms with Gasteiger partial charge in [0.25, 0.3) is 5.91 Å². The zero-order valence-electron chi connectivity index (χ0n) is 18.6. The number of esters is 1. The van der Waals surface area contributed by atoms with E-state index in [1.807, 2.05) is 46.0 Å². The van der Waals surface area contributed by atoms with E-state index in [4.69, 9.17) is 4.74 Å². The molecule has 9 nitrogen and oxygen atoms in total. The number of nitrogens with zero attached hydrogens (tertiary/aromatic N) is 6. The predicted octanol–water partition coefficient (Wildman–Crippen LogP) is 2.68. The minimum absolute atomic E-state index is 0.0654. The molecule has 1 amide bonds. The number of ether oxygens (including phenoxy) is 1. The van der Waals surface area contributed by atoms with Gasteiger partial charge in [-0.25, -0.2) is 14.5 Å². The van der Waals surface area contributed by atoms with Crippen molar-refractivity contribution >= 4 is 17.7 Å². The summed E-state index contributed by atoms with van der Waals surface area (Å²) in [5.74, 6) is 0.678. The molecule has 1 aliphatic heterocycles. The van der Waals surface area contributed by atoms with Gasteiger partial charge in [0, 0.05) is 38.3 Å². The molecular weight excluding hydrogens is 420 g/mol. The second kappa shape index (κ2) is 9.01. The van der Waals surface area contributed by atoms with E-state index >= 15 is 0 Å². The van der Waals surface area contributed by atoms with Crippen molar-refractivity contribution in [1.82, 2.24) is 24.9 Å². The summed E-state index contributed by atoms with van der Waals surface area (Å²) < 4.78 is 6.82. The standard InChI is InChI=1S/C24H26N6O3/c1-2-33-24(32)18-10-11-20(25-16-18)28-12-14-29(15-13-28)23(31)21-22(17-8-9-17)30(27-26-21)19-6-4-3-5-7-19/h3-7,10-11,16-17H,2,8-9,12-15H2,1H3. The minimum Gasteiger partial charge on any atom is -0.462 e. The number of rotatable bonds is 6. The molecule has 5 rings (SSSR count). The quantitative estimate of drug-likeness (QED) is 0.538. The fourth-order valence-corrected chi connectivity index (χ4v) is 4.12. The maximum Gasteiger partial charge on any atom is 0.339 e. The summed E-state index contributed by atoms with van der Waals surface area (Å²) in [5.41, 5.74) is 2.74. The molecule has 2 aromatic heterocycles. The number of hydrogen-bond donors (Lipinski definition) is 0. The van der Waals surface area contributed by atoms with Gasteiger partial charge in [-0.1, -0.05) is 23.4 Å². The number of amides is 1. The van der Waals surface area contributed by atoms with Crippen LogP contribution < -0.4 is 4.90 Å². The van der Waals surface area contributed by atoms with Gasteiger partial charge in [0.1, 0.15) is 5.82 Å². The maximum atomic E-state index is 13.3. The van der Waals surface area contributed by atoms with Crippen LogP contribution in [0.5, 0.6) is 0 Å². The van der Waals surface area contributed by atoms with Crippen molar-refractivity contribution in [2.45, 2.75) is 25.7 Å². The Morgan fingerprint density at radius 2 is 1.79 bits per heavy atom. The molecule has 1 saturated heterocycles. The number of piperazine rings is 1. The van der Waals surface area contributed by atoms with Gasteiger partial charge in [-0.3, -0.25) is 4.79 Å². The van der Waals surface area contributed by atoms with Gasteiger partial charge < -0.3 is 14.5 Å². The molecule has 0 spiro atoms. The molecule has 1 saturated carbocycles. The van der Waals surface area contributed by atoms with E-state index in [1.165, 1.54) is 6.20 Å². The molecule has 1 aliphatic carbocycles. The Balaban J connectivity index is 1.27. The van der Waals surface area contributed by atoms with Crippen LogP contribution in [-0.4, -0.2) is 69.5 Å². The minimum atomic E-state index is -0.373. The van der Waals surface area contributed by atoms with Crippen LogP contribution in [0.1, 0.15) is 52.2 Å². The molecule has 3 aromatic rings. The molecule has 3 heterocycles. The van der Waals surface area contributed by atoms with Crippen molar-refractivity contribution < 1.29 is 14.3 Å². The summed E-state index contributed by atoms with van der Waals surface area (Å²) >= 11 is 0. The van der Waals surface area contributed by atoms with Crippen LogP contribution in [0.15, 0.2) is 48.7 Å². The SMILES string of the molecule is CCOC(=O)c1ccc(N2CCN(C(=O)c3nnn(-c4ccccc4)c3C3CC3)CC2)nc1. The molecule has 0 unspecified atom stereocenters. The number of carbonyl (C=O) groups excluding carboxylic acids is 2. The third-order valence-electron chi connectivity index (χ3n) is 6.02. The van der Waals surface area contributed by atoms with Crippen molar-refractivity contribution in [2.75, 3.05) is 37.7 Å². The van der Waals surface area contributed by atoms with E-state index in [2.05, 4.69) is 20.2 Å². The van der Waals surface area contributed by atoms with Crippen LogP contribution in [0.25, 0.3) is 5.69 Å². The van der Waals surface area contributed by atoms with E-state index in [-0.39, 0.29) is 11.9 Å². The van der Waals surface area contributed by atoms with E-state index in [0.29, 0.717) is 50.0 Å². The average molecular weight is 447 g/mol. The van der Waals surface area contributed by atoms with Crippen molar-refractivity contribution in [2.24, 2.45) is 0 Å². The number of benzene rings is 1. The van der Waals surface area contributed by atoms with Crippen LogP contribution in [-0.2, 0) is 4.74 Å². The van der Waals surface area contributed by atoms with E-state index < -0.39 is 0 Å². The molecule has 1 aromatic carbocycles. The molecule has 9 heteroatoms. The first-order valence-electron chi connectivity index (χ1n) is 11.3. The Morgan fingerprint density at radius 1 is 1.03 bits per heavy atom. The average Bonchev–Trinajstić information content (AvgIpc) is 3.62. The summed E-state index contributed by atoms with van der Waals surface area (Å²) in [4.78, 5) is 33.5. The van der Waals surface area contributed by atoms with Crippen LogP contribution in [0.4, 0.5) is 5.82 Å².